The summed E-state index contributed by atoms with van der Waals surface area (Å²) in [5.74, 6) is -1.27. The van der Waals surface area contributed by atoms with Gasteiger partial charge in [-0.2, -0.15) is 0 Å². The van der Waals surface area contributed by atoms with Gasteiger partial charge in [0.1, 0.15) is 4.88 Å². The molecule has 0 aliphatic heterocycles. The third-order valence-electron chi connectivity index (χ3n) is 2.94. The van der Waals surface area contributed by atoms with Crippen LogP contribution in [-0.2, 0) is 5.41 Å². The van der Waals surface area contributed by atoms with E-state index in [1.165, 1.54) is 11.5 Å². The minimum Gasteiger partial charge on any atom is -0.337 e. The van der Waals surface area contributed by atoms with E-state index in [9.17, 15) is 8.78 Å². The molecule has 104 valence electrons. The van der Waals surface area contributed by atoms with Crippen LogP contribution in [0.2, 0.25) is 0 Å². The van der Waals surface area contributed by atoms with Gasteiger partial charge in [-0.3, -0.25) is 0 Å². The Bertz CT molecular complexity index is 746. The average Bonchev–Trinajstić information content (AvgIpc) is 2.94. The van der Waals surface area contributed by atoms with Crippen molar-refractivity contribution in [2.75, 3.05) is 0 Å². The summed E-state index contributed by atoms with van der Waals surface area (Å²) >= 11 is 1.21. The molecule has 0 fully saturated rings. The molecule has 0 atom stereocenters. The topological polar surface area (TPSA) is 54.5 Å². The van der Waals surface area contributed by atoms with Crippen molar-refractivity contribution >= 4 is 22.6 Å². The quantitative estimate of drug-likeness (QED) is 0.745. The largest absolute Gasteiger partial charge is 0.337 e. The first-order valence-electron chi connectivity index (χ1n) is 6.04. The van der Waals surface area contributed by atoms with Gasteiger partial charge >= 0.3 is 0 Å². The summed E-state index contributed by atoms with van der Waals surface area (Å²) in [5, 5.41) is 4.13. The van der Waals surface area contributed by atoms with Gasteiger partial charge in [-0.15, -0.1) is 5.10 Å². The summed E-state index contributed by atoms with van der Waals surface area (Å²) in [4.78, 5) is 8.08. The van der Waals surface area contributed by atoms with E-state index in [0.717, 1.165) is 22.7 Å². The van der Waals surface area contributed by atoms with Crippen LogP contribution in [0.5, 0.6) is 0 Å². The summed E-state index contributed by atoms with van der Waals surface area (Å²) in [7, 11) is 0. The van der Waals surface area contributed by atoms with Gasteiger partial charge in [0, 0.05) is 17.5 Å². The second-order valence-corrected chi connectivity index (χ2v) is 6.32. The zero-order valence-electron chi connectivity index (χ0n) is 11.2. The number of nitrogens with one attached hydrogen (secondary N) is 1. The molecule has 2 heterocycles. The molecule has 0 unspecified atom stereocenters. The standard InChI is InChI=1S/C13H12F2N4S/c1-13(2,3)11-10(20-19-18-11)12-16-8-4-6(14)7(15)5-9(8)17-12/h4-5H,1-3H3,(H,16,17). The molecule has 0 radical (unpaired) electrons. The molecule has 7 heteroatoms. The molecule has 3 rings (SSSR count). The van der Waals surface area contributed by atoms with Gasteiger partial charge in [0.25, 0.3) is 0 Å². The van der Waals surface area contributed by atoms with E-state index in [2.05, 4.69) is 19.6 Å². The van der Waals surface area contributed by atoms with Gasteiger partial charge in [0.15, 0.2) is 17.5 Å². The number of aromatic nitrogens is 4. The van der Waals surface area contributed by atoms with Crippen LogP contribution in [0.25, 0.3) is 21.7 Å². The van der Waals surface area contributed by atoms with Crippen LogP contribution in [0.4, 0.5) is 8.78 Å². The fraction of sp³-hybridized carbons (Fsp3) is 0.308. The lowest BCUT2D eigenvalue weighted by Crippen LogP contribution is -2.13. The molecular formula is C13H12F2N4S. The monoisotopic (exact) mass is 294 g/mol. The maximum atomic E-state index is 13.2. The highest BCUT2D eigenvalue weighted by Gasteiger charge is 2.25. The number of benzene rings is 1. The number of rotatable bonds is 1. The van der Waals surface area contributed by atoms with Crippen LogP contribution in [0.3, 0.4) is 0 Å². The van der Waals surface area contributed by atoms with Crippen molar-refractivity contribution < 1.29 is 8.78 Å². The number of hydrogen-bond acceptors (Lipinski definition) is 4. The van der Waals surface area contributed by atoms with Gasteiger partial charge < -0.3 is 4.98 Å². The smallest absolute Gasteiger partial charge is 0.161 e. The highest BCUT2D eigenvalue weighted by atomic mass is 32.1. The highest BCUT2D eigenvalue weighted by molar-refractivity contribution is 7.09. The maximum Gasteiger partial charge on any atom is 0.161 e. The van der Waals surface area contributed by atoms with E-state index in [4.69, 9.17) is 0 Å². The van der Waals surface area contributed by atoms with Gasteiger partial charge in [0.2, 0.25) is 0 Å². The van der Waals surface area contributed by atoms with E-state index >= 15 is 0 Å². The van der Waals surface area contributed by atoms with Crippen LogP contribution in [0, 0.1) is 11.6 Å². The SMILES string of the molecule is CC(C)(C)c1nnsc1-c1nc2cc(F)c(F)cc2[nH]1. The maximum absolute atomic E-state index is 13.2. The number of nitrogens with zero attached hydrogens (tertiary/aromatic N) is 3. The number of fused-ring (bicyclic) bond motifs is 1. The first-order valence-corrected chi connectivity index (χ1v) is 6.81. The second kappa shape index (κ2) is 4.31. The summed E-state index contributed by atoms with van der Waals surface area (Å²) < 4.78 is 30.4. The minimum atomic E-state index is -0.908. The molecule has 20 heavy (non-hydrogen) atoms. The molecule has 0 saturated heterocycles. The molecule has 1 aromatic carbocycles. The molecule has 2 aromatic heterocycles. The number of halogens is 2. The fourth-order valence-electron chi connectivity index (χ4n) is 1.95. The average molecular weight is 294 g/mol. The first-order chi connectivity index (χ1) is 9.36. The Morgan fingerprint density at radius 3 is 2.55 bits per heavy atom. The van der Waals surface area contributed by atoms with Crippen LogP contribution in [0.1, 0.15) is 26.5 Å². The van der Waals surface area contributed by atoms with Gasteiger partial charge in [0.05, 0.1) is 16.7 Å². The summed E-state index contributed by atoms with van der Waals surface area (Å²) in [6.07, 6.45) is 0. The molecule has 0 amide bonds. The summed E-state index contributed by atoms with van der Waals surface area (Å²) in [5.41, 5.74) is 1.46. The molecule has 4 nitrogen and oxygen atoms in total. The van der Waals surface area contributed by atoms with Gasteiger partial charge in [-0.1, -0.05) is 25.3 Å². The van der Waals surface area contributed by atoms with Crippen LogP contribution >= 0.6 is 11.5 Å². The molecule has 3 aromatic rings. The molecule has 0 aliphatic rings. The van der Waals surface area contributed by atoms with Gasteiger partial charge in [-0.05, 0) is 11.5 Å². The summed E-state index contributed by atoms with van der Waals surface area (Å²) in [6, 6.07) is 2.18. The predicted octanol–water partition coefficient (Wildman–Crippen LogP) is 3.66. The van der Waals surface area contributed by atoms with E-state index in [-0.39, 0.29) is 5.41 Å². The zero-order chi connectivity index (χ0) is 14.5. The number of H-pyrrole nitrogens is 1. The van der Waals surface area contributed by atoms with Crippen molar-refractivity contribution in [2.45, 2.75) is 26.2 Å². The predicted molar refractivity (Wildman–Crippen MR) is 73.6 cm³/mol. The van der Waals surface area contributed by atoms with E-state index < -0.39 is 11.6 Å². The molecule has 0 saturated carbocycles. The Morgan fingerprint density at radius 2 is 1.85 bits per heavy atom. The Labute approximate surface area is 118 Å². The lowest BCUT2D eigenvalue weighted by Gasteiger charge is -2.15. The second-order valence-electron chi connectivity index (χ2n) is 5.57. The number of imidazole rings is 1. The van der Waals surface area contributed by atoms with Crippen LogP contribution < -0.4 is 0 Å². The number of hydrogen-bond donors (Lipinski definition) is 1. The normalized spacial score (nSPS) is 12.2. The van der Waals surface area contributed by atoms with Crippen LogP contribution in [0.15, 0.2) is 12.1 Å². The van der Waals surface area contributed by atoms with Crippen molar-refractivity contribution in [3.63, 3.8) is 0 Å². The Morgan fingerprint density at radius 1 is 1.15 bits per heavy atom. The molecular weight excluding hydrogens is 282 g/mol. The fourth-order valence-corrected chi connectivity index (χ4v) is 2.77. The number of aromatic amines is 1. The Kier molecular flexibility index (Phi) is 2.82. The van der Waals surface area contributed by atoms with Crippen LogP contribution in [-0.4, -0.2) is 19.6 Å². The third-order valence-corrected chi connectivity index (χ3v) is 3.67. The van der Waals surface area contributed by atoms with Crippen molar-refractivity contribution in [1.29, 1.82) is 0 Å². The Balaban J connectivity index is 2.19. The molecule has 0 bridgehead atoms. The lowest BCUT2D eigenvalue weighted by atomic mass is 9.91. The molecule has 1 N–H and O–H groups in total. The highest BCUT2D eigenvalue weighted by Crippen LogP contribution is 2.33. The van der Waals surface area contributed by atoms with E-state index in [1.807, 2.05) is 20.8 Å². The summed E-state index contributed by atoms with van der Waals surface area (Å²) in [6.45, 7) is 6.07. The lowest BCUT2D eigenvalue weighted by molar-refractivity contribution is 0.510. The third kappa shape index (κ3) is 2.07. The minimum absolute atomic E-state index is 0.183. The molecule has 0 aliphatic carbocycles. The van der Waals surface area contributed by atoms with Crippen molar-refractivity contribution in [1.82, 2.24) is 19.6 Å². The van der Waals surface area contributed by atoms with E-state index in [0.29, 0.717) is 16.9 Å². The van der Waals surface area contributed by atoms with Crippen molar-refractivity contribution in [3.05, 3.63) is 29.5 Å². The van der Waals surface area contributed by atoms with Crippen molar-refractivity contribution in [2.24, 2.45) is 0 Å². The Hall–Kier alpha value is -1.89. The first kappa shape index (κ1) is 13.1. The molecule has 0 spiro atoms. The van der Waals surface area contributed by atoms with Crippen molar-refractivity contribution in [3.8, 4) is 10.7 Å². The van der Waals surface area contributed by atoms with E-state index in [1.54, 1.807) is 0 Å². The zero-order valence-corrected chi connectivity index (χ0v) is 12.0. The van der Waals surface area contributed by atoms with Gasteiger partial charge in [-0.25, -0.2) is 13.8 Å².